The molecular weight excluding hydrogens is 218 g/mol. The number of nitrogens with one attached hydrogen (secondary N) is 1. The van der Waals surface area contributed by atoms with E-state index in [9.17, 15) is 0 Å². The van der Waals surface area contributed by atoms with E-state index in [-0.39, 0.29) is 0 Å². The summed E-state index contributed by atoms with van der Waals surface area (Å²) in [6.45, 7) is 5.78. The van der Waals surface area contributed by atoms with Crippen molar-refractivity contribution < 1.29 is 0 Å². The van der Waals surface area contributed by atoms with Gasteiger partial charge in [0.05, 0.1) is 0 Å². The maximum Gasteiger partial charge on any atom is 0.0123 e. The zero-order valence-electron chi connectivity index (χ0n) is 12.6. The molecule has 1 nitrogen and oxygen atoms in total. The van der Waals surface area contributed by atoms with E-state index < -0.39 is 0 Å². The number of rotatable bonds is 6. The van der Waals surface area contributed by atoms with E-state index in [2.05, 4.69) is 19.2 Å². The fourth-order valence-corrected chi connectivity index (χ4v) is 4.51. The van der Waals surface area contributed by atoms with Crippen molar-refractivity contribution in [1.82, 2.24) is 5.32 Å². The van der Waals surface area contributed by atoms with Gasteiger partial charge >= 0.3 is 0 Å². The molecule has 0 aromatic heterocycles. The number of hydrogen-bond donors (Lipinski definition) is 1. The topological polar surface area (TPSA) is 12.0 Å². The zero-order valence-corrected chi connectivity index (χ0v) is 12.6. The summed E-state index contributed by atoms with van der Waals surface area (Å²) in [5.41, 5.74) is 0. The first-order valence-corrected chi connectivity index (χ1v) is 8.58. The SMILES string of the molecule is CCCC1CCC(C(NCC)C2CCCC2)CC1. The van der Waals surface area contributed by atoms with Crippen LogP contribution in [0.1, 0.15) is 78.1 Å². The van der Waals surface area contributed by atoms with Crippen molar-refractivity contribution in [1.29, 1.82) is 0 Å². The summed E-state index contributed by atoms with van der Waals surface area (Å²) in [5, 5.41) is 3.84. The van der Waals surface area contributed by atoms with E-state index in [1.165, 1.54) is 64.2 Å². The van der Waals surface area contributed by atoms with Crippen LogP contribution in [0.2, 0.25) is 0 Å². The first kappa shape index (κ1) is 14.4. The maximum absolute atomic E-state index is 3.84. The lowest BCUT2D eigenvalue weighted by Gasteiger charge is -2.37. The van der Waals surface area contributed by atoms with Gasteiger partial charge in [0.15, 0.2) is 0 Å². The fourth-order valence-electron chi connectivity index (χ4n) is 4.51. The van der Waals surface area contributed by atoms with Crippen LogP contribution in [0.4, 0.5) is 0 Å². The summed E-state index contributed by atoms with van der Waals surface area (Å²) in [6, 6.07) is 0.847. The normalized spacial score (nSPS) is 31.7. The molecule has 2 aliphatic rings. The third kappa shape index (κ3) is 3.73. The smallest absolute Gasteiger partial charge is 0.0123 e. The van der Waals surface area contributed by atoms with Crippen molar-refractivity contribution in [2.45, 2.75) is 84.1 Å². The third-order valence-electron chi connectivity index (χ3n) is 5.44. The van der Waals surface area contributed by atoms with Crippen LogP contribution in [0.15, 0.2) is 0 Å². The molecule has 0 saturated heterocycles. The lowest BCUT2D eigenvalue weighted by atomic mass is 9.73. The van der Waals surface area contributed by atoms with Crippen LogP contribution in [0.3, 0.4) is 0 Å². The fraction of sp³-hybridized carbons (Fsp3) is 1.00. The van der Waals surface area contributed by atoms with Crippen LogP contribution in [-0.2, 0) is 0 Å². The second-order valence-corrected chi connectivity index (χ2v) is 6.70. The maximum atomic E-state index is 3.84. The molecule has 0 aromatic carbocycles. The second-order valence-electron chi connectivity index (χ2n) is 6.70. The molecule has 2 saturated carbocycles. The van der Waals surface area contributed by atoms with Gasteiger partial charge in [0, 0.05) is 6.04 Å². The quantitative estimate of drug-likeness (QED) is 0.717. The lowest BCUT2D eigenvalue weighted by Crippen LogP contribution is -2.42. The Balaban J connectivity index is 1.83. The Kier molecular flexibility index (Phi) is 6.01. The van der Waals surface area contributed by atoms with E-state index >= 15 is 0 Å². The Morgan fingerprint density at radius 3 is 2.06 bits per heavy atom. The van der Waals surface area contributed by atoms with Gasteiger partial charge in [-0.15, -0.1) is 0 Å². The van der Waals surface area contributed by atoms with Gasteiger partial charge in [-0.1, -0.05) is 52.4 Å². The van der Waals surface area contributed by atoms with E-state index in [0.717, 1.165) is 30.3 Å². The molecule has 2 fully saturated rings. The summed E-state index contributed by atoms with van der Waals surface area (Å²) >= 11 is 0. The highest BCUT2D eigenvalue weighted by Gasteiger charge is 2.33. The monoisotopic (exact) mass is 251 g/mol. The molecule has 2 rings (SSSR count). The minimum absolute atomic E-state index is 0.847. The van der Waals surface area contributed by atoms with Crippen molar-refractivity contribution in [3.8, 4) is 0 Å². The molecule has 2 aliphatic carbocycles. The lowest BCUT2D eigenvalue weighted by molar-refractivity contribution is 0.175. The summed E-state index contributed by atoms with van der Waals surface area (Å²) in [7, 11) is 0. The largest absolute Gasteiger partial charge is 0.314 e. The van der Waals surface area contributed by atoms with Crippen molar-refractivity contribution in [3.05, 3.63) is 0 Å². The second kappa shape index (κ2) is 7.53. The Bertz CT molecular complexity index is 212. The van der Waals surface area contributed by atoms with Crippen LogP contribution < -0.4 is 5.32 Å². The molecule has 0 amide bonds. The van der Waals surface area contributed by atoms with E-state index in [1.807, 2.05) is 0 Å². The highest BCUT2D eigenvalue weighted by Crippen LogP contribution is 2.39. The first-order valence-electron chi connectivity index (χ1n) is 8.58. The highest BCUT2D eigenvalue weighted by molar-refractivity contribution is 4.88. The Hall–Kier alpha value is -0.0400. The van der Waals surface area contributed by atoms with Crippen molar-refractivity contribution in [3.63, 3.8) is 0 Å². The molecule has 18 heavy (non-hydrogen) atoms. The van der Waals surface area contributed by atoms with Gasteiger partial charge in [-0.3, -0.25) is 0 Å². The summed E-state index contributed by atoms with van der Waals surface area (Å²) in [4.78, 5) is 0. The predicted molar refractivity (Wildman–Crippen MR) is 79.8 cm³/mol. The molecule has 0 bridgehead atoms. The van der Waals surface area contributed by atoms with Crippen molar-refractivity contribution >= 4 is 0 Å². The average molecular weight is 251 g/mol. The van der Waals surface area contributed by atoms with Crippen LogP contribution >= 0.6 is 0 Å². The molecule has 0 radical (unpaired) electrons. The van der Waals surface area contributed by atoms with E-state index in [4.69, 9.17) is 0 Å². The van der Waals surface area contributed by atoms with Gasteiger partial charge in [-0.2, -0.15) is 0 Å². The molecule has 1 unspecified atom stereocenters. The molecule has 0 heterocycles. The first-order chi connectivity index (χ1) is 8.85. The van der Waals surface area contributed by atoms with E-state index in [1.54, 1.807) is 0 Å². The van der Waals surface area contributed by atoms with Gasteiger partial charge in [0.1, 0.15) is 0 Å². The minimum Gasteiger partial charge on any atom is -0.314 e. The zero-order chi connectivity index (χ0) is 12.8. The summed E-state index contributed by atoms with van der Waals surface area (Å²) in [6.07, 6.45) is 14.8. The van der Waals surface area contributed by atoms with Crippen molar-refractivity contribution in [2.75, 3.05) is 6.54 Å². The predicted octanol–water partition coefficient (Wildman–Crippen LogP) is 4.76. The van der Waals surface area contributed by atoms with Crippen LogP contribution in [0, 0.1) is 17.8 Å². The third-order valence-corrected chi connectivity index (χ3v) is 5.44. The minimum atomic E-state index is 0.847. The molecular formula is C17H33N. The van der Waals surface area contributed by atoms with Gasteiger partial charge < -0.3 is 5.32 Å². The molecule has 0 spiro atoms. The summed E-state index contributed by atoms with van der Waals surface area (Å²) < 4.78 is 0. The molecule has 1 heteroatoms. The summed E-state index contributed by atoms with van der Waals surface area (Å²) in [5.74, 6) is 3.04. The molecule has 0 aliphatic heterocycles. The Morgan fingerprint density at radius 1 is 0.889 bits per heavy atom. The van der Waals surface area contributed by atoms with Gasteiger partial charge in [-0.25, -0.2) is 0 Å². The standard InChI is InChI=1S/C17H33N/c1-3-7-14-10-12-16(13-11-14)17(18-4-2)15-8-5-6-9-15/h14-18H,3-13H2,1-2H3. The van der Waals surface area contributed by atoms with Crippen LogP contribution in [0.25, 0.3) is 0 Å². The molecule has 0 aromatic rings. The van der Waals surface area contributed by atoms with Crippen LogP contribution in [0.5, 0.6) is 0 Å². The molecule has 1 atom stereocenters. The molecule has 1 N–H and O–H groups in total. The molecule has 106 valence electrons. The van der Waals surface area contributed by atoms with E-state index in [0.29, 0.717) is 0 Å². The van der Waals surface area contributed by atoms with Gasteiger partial charge in [0.25, 0.3) is 0 Å². The Labute approximate surface area is 114 Å². The highest BCUT2D eigenvalue weighted by atomic mass is 14.9. The van der Waals surface area contributed by atoms with Gasteiger partial charge in [0.2, 0.25) is 0 Å². The van der Waals surface area contributed by atoms with Crippen LogP contribution in [-0.4, -0.2) is 12.6 Å². The Morgan fingerprint density at radius 2 is 1.50 bits per heavy atom. The number of hydrogen-bond acceptors (Lipinski definition) is 1. The average Bonchev–Trinajstić information content (AvgIpc) is 2.91. The van der Waals surface area contributed by atoms with Gasteiger partial charge in [-0.05, 0) is 50.0 Å². The van der Waals surface area contributed by atoms with Crippen molar-refractivity contribution in [2.24, 2.45) is 17.8 Å².